The minimum atomic E-state index is 0.666. The van der Waals surface area contributed by atoms with Crippen LogP contribution in [0.4, 0.5) is 0 Å². The Morgan fingerprint density at radius 1 is 1.26 bits per heavy atom. The molecule has 0 bridgehead atoms. The van der Waals surface area contributed by atoms with Crippen LogP contribution >= 0.6 is 0 Å². The Balaban J connectivity index is 2.00. The van der Waals surface area contributed by atoms with Gasteiger partial charge in [-0.25, -0.2) is 0 Å². The number of rotatable bonds is 2. The predicted octanol–water partition coefficient (Wildman–Crippen LogP) is 3.48. The standard InChI is InChI=1S/C17H24N2/c1-12-7-8-15-16(11-14-6-4-5-9-18-14)13(2)19(3)17(15)10-12/h7-8,10,14,18H,4-6,9,11H2,1-3H3. The van der Waals surface area contributed by atoms with E-state index >= 15 is 0 Å². The molecule has 2 heteroatoms. The van der Waals surface area contributed by atoms with E-state index in [1.807, 2.05) is 0 Å². The highest BCUT2D eigenvalue weighted by Gasteiger charge is 2.18. The number of piperidine rings is 1. The molecule has 1 aromatic carbocycles. The largest absolute Gasteiger partial charge is 0.348 e. The van der Waals surface area contributed by atoms with Crippen LogP contribution in [-0.2, 0) is 13.5 Å². The van der Waals surface area contributed by atoms with Gasteiger partial charge in [0.15, 0.2) is 0 Å². The molecule has 1 aliphatic rings. The summed E-state index contributed by atoms with van der Waals surface area (Å²) in [5.41, 5.74) is 5.68. The third-order valence-electron chi connectivity index (χ3n) is 4.64. The average Bonchev–Trinajstić information content (AvgIpc) is 2.65. The fourth-order valence-electron chi connectivity index (χ4n) is 3.35. The molecule has 1 unspecified atom stereocenters. The normalized spacial score (nSPS) is 20.1. The van der Waals surface area contributed by atoms with Crippen LogP contribution in [0.2, 0.25) is 0 Å². The monoisotopic (exact) mass is 256 g/mol. The smallest absolute Gasteiger partial charge is 0.0485 e. The first kappa shape index (κ1) is 12.7. The van der Waals surface area contributed by atoms with Gasteiger partial charge in [-0.2, -0.15) is 0 Å². The zero-order valence-electron chi connectivity index (χ0n) is 12.3. The molecule has 1 atom stereocenters. The second kappa shape index (κ2) is 5.01. The number of nitrogens with zero attached hydrogens (tertiary/aromatic N) is 1. The summed E-state index contributed by atoms with van der Waals surface area (Å²) < 4.78 is 2.35. The lowest BCUT2D eigenvalue weighted by Crippen LogP contribution is -2.35. The minimum Gasteiger partial charge on any atom is -0.348 e. The summed E-state index contributed by atoms with van der Waals surface area (Å²) >= 11 is 0. The van der Waals surface area contributed by atoms with Gasteiger partial charge < -0.3 is 9.88 Å². The molecule has 1 N–H and O–H groups in total. The topological polar surface area (TPSA) is 17.0 Å². The van der Waals surface area contributed by atoms with Crippen molar-refractivity contribution < 1.29 is 0 Å². The Labute approximate surface area is 115 Å². The Bertz CT molecular complexity index is 589. The summed E-state index contributed by atoms with van der Waals surface area (Å²) in [5, 5.41) is 5.11. The van der Waals surface area contributed by atoms with Crippen LogP contribution in [0.15, 0.2) is 18.2 Å². The van der Waals surface area contributed by atoms with Gasteiger partial charge in [0.25, 0.3) is 0 Å². The minimum absolute atomic E-state index is 0.666. The lowest BCUT2D eigenvalue weighted by Gasteiger charge is -2.23. The van der Waals surface area contributed by atoms with Crippen LogP contribution in [0.3, 0.4) is 0 Å². The van der Waals surface area contributed by atoms with E-state index in [0.717, 1.165) is 0 Å². The van der Waals surface area contributed by atoms with E-state index in [9.17, 15) is 0 Å². The molecule has 1 fully saturated rings. The van der Waals surface area contributed by atoms with Crippen LogP contribution in [0.1, 0.15) is 36.1 Å². The van der Waals surface area contributed by atoms with Crippen molar-refractivity contribution >= 4 is 10.9 Å². The van der Waals surface area contributed by atoms with Crippen molar-refractivity contribution in [2.75, 3.05) is 6.54 Å². The summed E-state index contributed by atoms with van der Waals surface area (Å²) in [6.45, 7) is 5.62. The first-order chi connectivity index (χ1) is 9.16. The molecule has 3 rings (SSSR count). The van der Waals surface area contributed by atoms with Gasteiger partial charge in [-0.3, -0.25) is 0 Å². The van der Waals surface area contributed by atoms with Crippen molar-refractivity contribution in [3.05, 3.63) is 35.0 Å². The molecule has 1 aliphatic heterocycles. The third-order valence-corrected chi connectivity index (χ3v) is 4.64. The second-order valence-electron chi connectivity index (χ2n) is 5.99. The maximum Gasteiger partial charge on any atom is 0.0485 e. The van der Waals surface area contributed by atoms with Gasteiger partial charge in [0.05, 0.1) is 0 Å². The molecule has 0 aliphatic carbocycles. The van der Waals surface area contributed by atoms with Gasteiger partial charge in [0.1, 0.15) is 0 Å². The van der Waals surface area contributed by atoms with E-state index in [-0.39, 0.29) is 0 Å². The van der Waals surface area contributed by atoms with Crippen LogP contribution in [0.5, 0.6) is 0 Å². The van der Waals surface area contributed by atoms with Crippen molar-refractivity contribution in [3.8, 4) is 0 Å². The molecule has 1 saturated heterocycles. The molecular formula is C17H24N2. The highest BCUT2D eigenvalue weighted by atomic mass is 15.0. The highest BCUT2D eigenvalue weighted by Crippen LogP contribution is 2.28. The summed E-state index contributed by atoms with van der Waals surface area (Å²) in [4.78, 5) is 0. The average molecular weight is 256 g/mol. The number of aromatic nitrogens is 1. The van der Waals surface area contributed by atoms with Crippen molar-refractivity contribution in [3.63, 3.8) is 0 Å². The number of hydrogen-bond donors (Lipinski definition) is 1. The number of aryl methyl sites for hydroxylation is 2. The van der Waals surface area contributed by atoms with Gasteiger partial charge in [-0.15, -0.1) is 0 Å². The van der Waals surface area contributed by atoms with Crippen LogP contribution in [0, 0.1) is 13.8 Å². The molecule has 2 nitrogen and oxygen atoms in total. The zero-order valence-corrected chi connectivity index (χ0v) is 12.3. The summed E-state index contributed by atoms with van der Waals surface area (Å²) in [6.07, 6.45) is 5.21. The molecule has 0 amide bonds. The van der Waals surface area contributed by atoms with Crippen molar-refractivity contribution in [2.45, 2.75) is 45.6 Å². The Morgan fingerprint density at radius 3 is 2.84 bits per heavy atom. The van der Waals surface area contributed by atoms with Gasteiger partial charge in [-0.1, -0.05) is 18.6 Å². The van der Waals surface area contributed by atoms with Crippen molar-refractivity contribution in [2.24, 2.45) is 7.05 Å². The van der Waals surface area contributed by atoms with E-state index in [2.05, 4.69) is 49.0 Å². The lowest BCUT2D eigenvalue weighted by atomic mass is 9.96. The van der Waals surface area contributed by atoms with Gasteiger partial charge in [0.2, 0.25) is 0 Å². The Morgan fingerprint density at radius 2 is 2.11 bits per heavy atom. The highest BCUT2D eigenvalue weighted by molar-refractivity contribution is 5.86. The maximum atomic E-state index is 3.67. The molecular weight excluding hydrogens is 232 g/mol. The van der Waals surface area contributed by atoms with Crippen molar-refractivity contribution in [1.82, 2.24) is 9.88 Å². The molecule has 0 spiro atoms. The first-order valence-corrected chi connectivity index (χ1v) is 7.44. The quantitative estimate of drug-likeness (QED) is 0.870. The number of benzene rings is 1. The maximum absolute atomic E-state index is 3.67. The van der Waals surface area contributed by atoms with Gasteiger partial charge in [0, 0.05) is 29.7 Å². The first-order valence-electron chi connectivity index (χ1n) is 7.44. The predicted molar refractivity (Wildman–Crippen MR) is 81.7 cm³/mol. The van der Waals surface area contributed by atoms with Gasteiger partial charge in [-0.05, 0) is 56.8 Å². The molecule has 0 radical (unpaired) electrons. The van der Waals surface area contributed by atoms with Gasteiger partial charge >= 0.3 is 0 Å². The molecule has 2 heterocycles. The third kappa shape index (κ3) is 2.30. The van der Waals surface area contributed by atoms with E-state index in [1.54, 1.807) is 0 Å². The molecule has 2 aromatic rings. The van der Waals surface area contributed by atoms with E-state index in [0.29, 0.717) is 6.04 Å². The van der Waals surface area contributed by atoms with Crippen molar-refractivity contribution in [1.29, 1.82) is 0 Å². The second-order valence-corrected chi connectivity index (χ2v) is 5.99. The number of fused-ring (bicyclic) bond motifs is 1. The Hall–Kier alpha value is -1.28. The zero-order chi connectivity index (χ0) is 13.4. The summed E-state index contributed by atoms with van der Waals surface area (Å²) in [7, 11) is 2.19. The van der Waals surface area contributed by atoms with Crippen LogP contribution in [0.25, 0.3) is 10.9 Å². The SMILES string of the molecule is Cc1ccc2c(CC3CCCCN3)c(C)n(C)c2c1. The van der Waals surface area contributed by atoms with E-state index in [1.165, 1.54) is 60.0 Å². The van der Waals surface area contributed by atoms with Crippen LogP contribution in [-0.4, -0.2) is 17.2 Å². The lowest BCUT2D eigenvalue weighted by molar-refractivity contribution is 0.399. The molecule has 19 heavy (non-hydrogen) atoms. The Kier molecular flexibility index (Phi) is 3.36. The van der Waals surface area contributed by atoms with E-state index < -0.39 is 0 Å². The molecule has 0 saturated carbocycles. The summed E-state index contributed by atoms with van der Waals surface area (Å²) in [5.74, 6) is 0. The molecule has 1 aromatic heterocycles. The fraction of sp³-hybridized carbons (Fsp3) is 0.529. The number of hydrogen-bond acceptors (Lipinski definition) is 1. The van der Waals surface area contributed by atoms with E-state index in [4.69, 9.17) is 0 Å². The molecule has 102 valence electrons. The fourth-order valence-corrected chi connectivity index (χ4v) is 3.35. The summed E-state index contributed by atoms with van der Waals surface area (Å²) in [6, 6.07) is 7.51. The van der Waals surface area contributed by atoms with Crippen LogP contribution < -0.4 is 5.32 Å². The number of nitrogens with one attached hydrogen (secondary N) is 1.